The molecule has 0 aliphatic heterocycles. The molecule has 1 atom stereocenters. The zero-order chi connectivity index (χ0) is 16.8. The fraction of sp³-hybridized carbons (Fsp3) is 0.143. The molecule has 0 saturated carbocycles. The summed E-state index contributed by atoms with van der Waals surface area (Å²) < 4.78 is 11.3. The lowest BCUT2D eigenvalue weighted by atomic mass is 10.1. The van der Waals surface area contributed by atoms with E-state index < -0.39 is 12.1 Å². The third-order valence-corrected chi connectivity index (χ3v) is 3.77. The topological polar surface area (TPSA) is 35.5 Å². The van der Waals surface area contributed by atoms with Crippen LogP contribution in [0.5, 0.6) is 5.75 Å². The number of esters is 1. The molecule has 121 valence electrons. The van der Waals surface area contributed by atoms with Gasteiger partial charge in [-0.25, -0.2) is 4.79 Å². The Labute approximate surface area is 141 Å². The van der Waals surface area contributed by atoms with Gasteiger partial charge >= 0.3 is 5.97 Å². The minimum Gasteiger partial charge on any atom is -0.478 e. The molecule has 0 fully saturated rings. The van der Waals surface area contributed by atoms with Crippen LogP contribution in [-0.2, 0) is 16.1 Å². The van der Waals surface area contributed by atoms with E-state index in [4.69, 9.17) is 9.47 Å². The van der Waals surface area contributed by atoms with Gasteiger partial charge in [-0.05, 0) is 30.4 Å². The van der Waals surface area contributed by atoms with Gasteiger partial charge in [0, 0.05) is 5.39 Å². The Kier molecular flexibility index (Phi) is 5.12. The number of ether oxygens (including phenoxy) is 2. The molecule has 0 amide bonds. The first-order chi connectivity index (χ1) is 11.8. The van der Waals surface area contributed by atoms with Crippen LogP contribution in [0.25, 0.3) is 10.8 Å². The maximum absolute atomic E-state index is 12.3. The van der Waals surface area contributed by atoms with Crippen LogP contribution in [0.1, 0.15) is 12.0 Å². The Morgan fingerprint density at radius 1 is 0.917 bits per heavy atom. The Balaban J connectivity index is 1.70. The van der Waals surface area contributed by atoms with Crippen molar-refractivity contribution >= 4 is 16.7 Å². The lowest BCUT2D eigenvalue weighted by Crippen LogP contribution is -2.28. The Morgan fingerprint density at radius 2 is 1.62 bits per heavy atom. The summed E-state index contributed by atoms with van der Waals surface area (Å²) in [6.45, 7) is 4.04. The van der Waals surface area contributed by atoms with E-state index >= 15 is 0 Å². The van der Waals surface area contributed by atoms with Crippen molar-refractivity contribution in [2.45, 2.75) is 19.1 Å². The number of hydrogen-bond acceptors (Lipinski definition) is 3. The average Bonchev–Trinajstić information content (AvgIpc) is 2.65. The van der Waals surface area contributed by atoms with Crippen LogP contribution in [0.15, 0.2) is 72.8 Å². The van der Waals surface area contributed by atoms with Crippen LogP contribution < -0.4 is 4.74 Å². The second kappa shape index (κ2) is 7.64. The molecule has 24 heavy (non-hydrogen) atoms. The number of benzene rings is 3. The molecule has 3 heteroatoms. The van der Waals surface area contributed by atoms with Crippen LogP contribution in [0.2, 0.25) is 0 Å². The van der Waals surface area contributed by atoms with E-state index in [2.05, 4.69) is 6.92 Å². The minimum absolute atomic E-state index is 0.231. The molecule has 0 saturated heterocycles. The SMILES string of the molecule is [CH2]CC(Oc1cccc2ccccc12)C(=O)OCc1ccccc1. The molecule has 1 unspecified atom stereocenters. The van der Waals surface area contributed by atoms with Gasteiger partial charge in [0.1, 0.15) is 12.4 Å². The smallest absolute Gasteiger partial charge is 0.347 e. The summed E-state index contributed by atoms with van der Waals surface area (Å²) >= 11 is 0. The summed E-state index contributed by atoms with van der Waals surface area (Å²) in [4.78, 5) is 12.3. The second-order valence-electron chi connectivity index (χ2n) is 5.47. The number of fused-ring (bicyclic) bond motifs is 1. The van der Waals surface area contributed by atoms with E-state index in [1.54, 1.807) is 0 Å². The first-order valence-corrected chi connectivity index (χ1v) is 7.92. The molecular weight excluding hydrogens is 300 g/mol. The van der Waals surface area contributed by atoms with E-state index in [0.717, 1.165) is 16.3 Å². The van der Waals surface area contributed by atoms with Crippen molar-refractivity contribution in [1.29, 1.82) is 0 Å². The number of hydrogen-bond donors (Lipinski definition) is 0. The third kappa shape index (κ3) is 3.74. The molecule has 3 rings (SSSR count). The predicted molar refractivity (Wildman–Crippen MR) is 94.6 cm³/mol. The van der Waals surface area contributed by atoms with Crippen molar-refractivity contribution in [3.05, 3.63) is 85.3 Å². The second-order valence-corrected chi connectivity index (χ2v) is 5.47. The summed E-state index contributed by atoms with van der Waals surface area (Å²) in [6.07, 6.45) is -0.420. The van der Waals surface area contributed by atoms with E-state index in [0.29, 0.717) is 12.2 Å². The summed E-state index contributed by atoms with van der Waals surface area (Å²) in [6, 6.07) is 23.3. The molecule has 3 aromatic rings. The van der Waals surface area contributed by atoms with Crippen LogP contribution in [0, 0.1) is 6.92 Å². The molecule has 0 aromatic heterocycles. The highest BCUT2D eigenvalue weighted by molar-refractivity contribution is 5.88. The molecule has 1 radical (unpaired) electrons. The molecule has 3 aromatic carbocycles. The summed E-state index contributed by atoms with van der Waals surface area (Å²) in [5.41, 5.74) is 0.943. The first-order valence-electron chi connectivity index (χ1n) is 7.92. The van der Waals surface area contributed by atoms with Gasteiger partial charge in [-0.1, -0.05) is 66.7 Å². The zero-order valence-corrected chi connectivity index (χ0v) is 13.4. The van der Waals surface area contributed by atoms with Crippen molar-refractivity contribution in [1.82, 2.24) is 0 Å². The fourth-order valence-corrected chi connectivity index (χ4v) is 2.50. The standard InChI is InChI=1S/C21H19O3/c1-2-19(21(22)23-15-16-9-4-3-5-10-16)24-20-14-8-12-17-11-6-7-13-18(17)20/h3-14,19H,1-2,15H2. The van der Waals surface area contributed by atoms with Crippen molar-refractivity contribution in [2.75, 3.05) is 0 Å². The molecule has 0 aliphatic rings. The van der Waals surface area contributed by atoms with E-state index in [-0.39, 0.29) is 6.61 Å². The summed E-state index contributed by atoms with van der Waals surface area (Å²) in [7, 11) is 0. The molecular formula is C21H19O3. The largest absolute Gasteiger partial charge is 0.478 e. The molecule has 0 spiro atoms. The summed E-state index contributed by atoms with van der Waals surface area (Å²) in [5, 5.41) is 2.03. The Morgan fingerprint density at radius 3 is 2.42 bits per heavy atom. The van der Waals surface area contributed by atoms with Crippen LogP contribution >= 0.6 is 0 Å². The Bertz CT molecular complexity index is 806. The van der Waals surface area contributed by atoms with Gasteiger partial charge in [0.2, 0.25) is 0 Å². The predicted octanol–water partition coefficient (Wildman–Crippen LogP) is 4.55. The molecule has 0 bridgehead atoms. The van der Waals surface area contributed by atoms with Gasteiger partial charge < -0.3 is 9.47 Å². The quantitative estimate of drug-likeness (QED) is 0.625. The van der Waals surface area contributed by atoms with Crippen molar-refractivity contribution < 1.29 is 14.3 Å². The number of carbonyl (C=O) groups excluding carboxylic acids is 1. The fourth-order valence-electron chi connectivity index (χ4n) is 2.50. The average molecular weight is 319 g/mol. The van der Waals surface area contributed by atoms with Crippen LogP contribution in [0.4, 0.5) is 0 Å². The molecule has 0 aliphatic carbocycles. The van der Waals surface area contributed by atoms with Gasteiger partial charge in [0.25, 0.3) is 0 Å². The lowest BCUT2D eigenvalue weighted by Gasteiger charge is -2.17. The minimum atomic E-state index is -0.723. The highest BCUT2D eigenvalue weighted by atomic mass is 16.6. The number of rotatable bonds is 6. The van der Waals surface area contributed by atoms with Gasteiger partial charge in [-0.2, -0.15) is 0 Å². The normalized spacial score (nSPS) is 11.9. The number of carbonyl (C=O) groups is 1. The molecule has 3 nitrogen and oxygen atoms in total. The van der Waals surface area contributed by atoms with Gasteiger partial charge in [-0.15, -0.1) is 0 Å². The van der Waals surface area contributed by atoms with E-state index in [9.17, 15) is 4.79 Å². The Hall–Kier alpha value is -2.81. The monoisotopic (exact) mass is 319 g/mol. The molecule has 0 N–H and O–H groups in total. The van der Waals surface area contributed by atoms with Crippen LogP contribution in [-0.4, -0.2) is 12.1 Å². The summed E-state index contributed by atoms with van der Waals surface area (Å²) in [5.74, 6) is 0.264. The highest BCUT2D eigenvalue weighted by Crippen LogP contribution is 2.26. The van der Waals surface area contributed by atoms with Gasteiger partial charge in [-0.3, -0.25) is 0 Å². The lowest BCUT2D eigenvalue weighted by molar-refractivity contribution is -0.153. The van der Waals surface area contributed by atoms with E-state index in [1.165, 1.54) is 0 Å². The van der Waals surface area contributed by atoms with Crippen LogP contribution in [0.3, 0.4) is 0 Å². The zero-order valence-electron chi connectivity index (χ0n) is 13.4. The maximum Gasteiger partial charge on any atom is 0.347 e. The van der Waals surface area contributed by atoms with E-state index in [1.807, 2.05) is 72.8 Å². The van der Waals surface area contributed by atoms with Crippen molar-refractivity contribution in [2.24, 2.45) is 0 Å². The maximum atomic E-state index is 12.3. The van der Waals surface area contributed by atoms with Crippen molar-refractivity contribution in [3.63, 3.8) is 0 Å². The third-order valence-electron chi connectivity index (χ3n) is 3.77. The highest BCUT2D eigenvalue weighted by Gasteiger charge is 2.21. The first kappa shape index (κ1) is 16.1. The van der Waals surface area contributed by atoms with Gasteiger partial charge in [0.05, 0.1) is 0 Å². The molecule has 0 heterocycles. The van der Waals surface area contributed by atoms with Gasteiger partial charge in [0.15, 0.2) is 6.10 Å². The van der Waals surface area contributed by atoms with Crippen molar-refractivity contribution in [3.8, 4) is 5.75 Å².